The lowest BCUT2D eigenvalue weighted by molar-refractivity contribution is -0.151. The smallest absolute Gasteiger partial charge is 0.221 e. The van der Waals surface area contributed by atoms with E-state index in [1.807, 2.05) is 6.92 Å². The van der Waals surface area contributed by atoms with E-state index in [-0.39, 0.29) is 0 Å². The third-order valence-corrected chi connectivity index (χ3v) is 3.33. The third kappa shape index (κ3) is 2.48. The zero-order chi connectivity index (χ0) is 10.1. The molecule has 2 saturated carbocycles. The maximum absolute atomic E-state index is 5.69. The summed E-state index contributed by atoms with van der Waals surface area (Å²) in [5.41, 5.74) is 0. The van der Waals surface area contributed by atoms with Crippen molar-refractivity contribution in [2.45, 2.75) is 58.7 Å². The molecule has 0 spiro atoms. The lowest BCUT2D eigenvalue weighted by Crippen LogP contribution is -2.35. The van der Waals surface area contributed by atoms with Crippen LogP contribution in [0.25, 0.3) is 0 Å². The van der Waals surface area contributed by atoms with Crippen LogP contribution in [0.3, 0.4) is 0 Å². The Bertz CT molecular complexity index is 161. The van der Waals surface area contributed by atoms with Gasteiger partial charge in [0.1, 0.15) is 0 Å². The highest BCUT2D eigenvalue weighted by molar-refractivity contribution is 4.82. The van der Waals surface area contributed by atoms with Gasteiger partial charge in [-0.2, -0.15) is 0 Å². The molecule has 0 aromatic heterocycles. The van der Waals surface area contributed by atoms with Gasteiger partial charge in [0.05, 0.1) is 12.2 Å². The van der Waals surface area contributed by atoms with Crippen molar-refractivity contribution in [3.63, 3.8) is 0 Å². The van der Waals surface area contributed by atoms with Gasteiger partial charge in [-0.3, -0.25) is 0 Å². The Labute approximate surface area is 87.0 Å². The zero-order valence-electron chi connectivity index (χ0n) is 9.45. The second-order valence-electron chi connectivity index (χ2n) is 5.12. The van der Waals surface area contributed by atoms with Gasteiger partial charge in [-0.25, -0.2) is 0 Å². The van der Waals surface area contributed by atoms with Crippen molar-refractivity contribution in [3.8, 4) is 0 Å². The second-order valence-corrected chi connectivity index (χ2v) is 5.12. The molecule has 0 amide bonds. The van der Waals surface area contributed by atoms with Crippen LogP contribution in [-0.2, 0) is 9.47 Å². The fraction of sp³-hybridized carbons (Fsp3) is 0.917. The van der Waals surface area contributed by atoms with Crippen LogP contribution in [0.1, 0.15) is 46.5 Å². The van der Waals surface area contributed by atoms with E-state index in [0.717, 1.165) is 18.1 Å². The summed E-state index contributed by atoms with van der Waals surface area (Å²) in [4.78, 5) is 0. The fourth-order valence-electron chi connectivity index (χ4n) is 2.35. The topological polar surface area (TPSA) is 18.5 Å². The minimum atomic E-state index is 0.433. The molecule has 0 saturated heterocycles. The molecule has 2 aliphatic rings. The molecule has 2 aliphatic carbocycles. The Kier molecular flexibility index (Phi) is 3.13. The van der Waals surface area contributed by atoms with Gasteiger partial charge in [0.15, 0.2) is 0 Å². The number of rotatable bonds is 4. The number of hydrogen-bond acceptors (Lipinski definition) is 2. The van der Waals surface area contributed by atoms with E-state index in [0.29, 0.717) is 12.2 Å². The van der Waals surface area contributed by atoms with E-state index in [2.05, 4.69) is 13.8 Å². The van der Waals surface area contributed by atoms with E-state index < -0.39 is 0 Å². The molecule has 0 atom stereocenters. The first kappa shape index (κ1) is 10.4. The Morgan fingerprint density at radius 3 is 1.50 bits per heavy atom. The van der Waals surface area contributed by atoms with Crippen LogP contribution >= 0.6 is 0 Å². The normalized spacial score (nSPS) is 42.0. The molecule has 0 N–H and O–H groups in total. The summed E-state index contributed by atoms with van der Waals surface area (Å²) in [5, 5.41) is 0. The number of hydrogen-bond donors (Lipinski definition) is 0. The predicted octanol–water partition coefficient (Wildman–Crippen LogP) is 3.13. The highest BCUT2D eigenvalue weighted by atomic mass is 16.7. The van der Waals surface area contributed by atoms with Crippen molar-refractivity contribution in [2.75, 3.05) is 0 Å². The average Bonchev–Trinajstić information content (AvgIpc) is 1.98. The third-order valence-electron chi connectivity index (χ3n) is 3.33. The van der Waals surface area contributed by atoms with Crippen molar-refractivity contribution in [1.29, 1.82) is 0 Å². The van der Waals surface area contributed by atoms with Crippen LogP contribution in [-0.4, -0.2) is 12.2 Å². The molecule has 0 heterocycles. The van der Waals surface area contributed by atoms with Gasteiger partial charge in [0.25, 0.3) is 0 Å². The summed E-state index contributed by atoms with van der Waals surface area (Å²) >= 11 is 0. The molecule has 2 rings (SSSR count). The van der Waals surface area contributed by atoms with Crippen LogP contribution in [0.4, 0.5) is 0 Å². The van der Waals surface area contributed by atoms with Gasteiger partial charge < -0.3 is 9.47 Å². The first-order valence-corrected chi connectivity index (χ1v) is 5.80. The molecule has 14 heavy (non-hydrogen) atoms. The summed E-state index contributed by atoms with van der Waals surface area (Å²) in [5.74, 6) is 1.69. The Morgan fingerprint density at radius 2 is 1.21 bits per heavy atom. The molecular weight excluding hydrogens is 176 g/mol. The minimum Gasteiger partial charge on any atom is -0.342 e. The van der Waals surface area contributed by atoms with Gasteiger partial charge in [-0.1, -0.05) is 13.8 Å². The first-order valence-electron chi connectivity index (χ1n) is 5.80. The Hall–Kier alpha value is -0.0800. The van der Waals surface area contributed by atoms with Crippen LogP contribution in [0.2, 0.25) is 0 Å². The standard InChI is InChI=1S/C12H21O2/c1-8-4-11(5-8)13-10(3)14-12-6-9(2)7-12/h8-9,11-12H,4-7H2,1-3H3. The van der Waals surface area contributed by atoms with E-state index in [1.165, 1.54) is 25.7 Å². The van der Waals surface area contributed by atoms with Gasteiger partial charge in [-0.15, -0.1) is 0 Å². The highest BCUT2D eigenvalue weighted by Crippen LogP contribution is 2.35. The summed E-state index contributed by atoms with van der Waals surface area (Å²) in [6.07, 6.45) is 6.44. The Morgan fingerprint density at radius 1 is 0.857 bits per heavy atom. The molecule has 0 unspecified atom stereocenters. The SMILES string of the molecule is C[C](OC1CC(C)C1)OC1CC(C)C1. The summed E-state index contributed by atoms with van der Waals surface area (Å²) in [6.45, 7) is 6.49. The maximum Gasteiger partial charge on any atom is 0.221 e. The molecule has 0 bridgehead atoms. The van der Waals surface area contributed by atoms with Crippen LogP contribution in [0.5, 0.6) is 0 Å². The van der Waals surface area contributed by atoms with E-state index in [1.54, 1.807) is 0 Å². The van der Waals surface area contributed by atoms with Crippen molar-refractivity contribution in [2.24, 2.45) is 11.8 Å². The quantitative estimate of drug-likeness (QED) is 0.689. The van der Waals surface area contributed by atoms with Crippen LogP contribution < -0.4 is 0 Å². The molecule has 2 heteroatoms. The second kappa shape index (κ2) is 4.19. The Balaban J connectivity index is 1.57. The van der Waals surface area contributed by atoms with Gasteiger partial charge in [0, 0.05) is 0 Å². The van der Waals surface area contributed by atoms with E-state index in [9.17, 15) is 0 Å². The highest BCUT2D eigenvalue weighted by Gasteiger charge is 2.32. The summed E-state index contributed by atoms with van der Waals surface area (Å²) < 4.78 is 11.4. The van der Waals surface area contributed by atoms with Crippen molar-refractivity contribution in [3.05, 3.63) is 6.29 Å². The molecule has 0 aromatic carbocycles. The molecule has 1 radical (unpaired) electrons. The van der Waals surface area contributed by atoms with Gasteiger partial charge >= 0.3 is 0 Å². The monoisotopic (exact) mass is 197 g/mol. The van der Waals surface area contributed by atoms with E-state index in [4.69, 9.17) is 9.47 Å². The maximum atomic E-state index is 5.69. The molecular formula is C12H21O2. The van der Waals surface area contributed by atoms with Crippen LogP contribution in [0, 0.1) is 18.1 Å². The van der Waals surface area contributed by atoms with E-state index >= 15 is 0 Å². The summed E-state index contributed by atoms with van der Waals surface area (Å²) in [6, 6.07) is 0. The fourth-order valence-corrected chi connectivity index (χ4v) is 2.35. The first-order chi connectivity index (χ1) is 6.63. The zero-order valence-corrected chi connectivity index (χ0v) is 9.45. The molecule has 81 valence electrons. The molecule has 0 aromatic rings. The van der Waals surface area contributed by atoms with Crippen molar-refractivity contribution >= 4 is 0 Å². The van der Waals surface area contributed by atoms with Gasteiger partial charge in [-0.05, 0) is 44.4 Å². The largest absolute Gasteiger partial charge is 0.342 e. The molecule has 2 nitrogen and oxygen atoms in total. The molecule has 2 fully saturated rings. The molecule has 0 aliphatic heterocycles. The van der Waals surface area contributed by atoms with Crippen LogP contribution in [0.15, 0.2) is 0 Å². The van der Waals surface area contributed by atoms with Gasteiger partial charge in [0.2, 0.25) is 6.29 Å². The minimum absolute atomic E-state index is 0.433. The van der Waals surface area contributed by atoms with Crippen molar-refractivity contribution in [1.82, 2.24) is 0 Å². The predicted molar refractivity (Wildman–Crippen MR) is 55.5 cm³/mol. The lowest BCUT2D eigenvalue weighted by atomic mass is 9.84. The average molecular weight is 197 g/mol. The number of ether oxygens (including phenoxy) is 2. The lowest BCUT2D eigenvalue weighted by Gasteiger charge is -2.37. The summed E-state index contributed by atoms with van der Waals surface area (Å²) in [7, 11) is 0. The van der Waals surface area contributed by atoms with Crippen molar-refractivity contribution < 1.29 is 9.47 Å².